The number of hydrogen-bond acceptors (Lipinski definition) is 5. The first-order chi connectivity index (χ1) is 15.1. The van der Waals surface area contributed by atoms with Gasteiger partial charge in [0.05, 0.1) is 17.7 Å². The molecule has 0 saturated heterocycles. The van der Waals surface area contributed by atoms with Gasteiger partial charge in [-0.1, -0.05) is 65.7 Å². The summed E-state index contributed by atoms with van der Waals surface area (Å²) in [6.07, 6.45) is 1.59. The molecular formula is C24H17Cl2NO4. The molecule has 0 aromatic heterocycles. The Morgan fingerprint density at radius 3 is 2.45 bits per heavy atom. The zero-order valence-corrected chi connectivity index (χ0v) is 18.0. The van der Waals surface area contributed by atoms with Crippen LogP contribution in [0.2, 0.25) is 10.0 Å². The number of para-hydroxylation sites is 1. The zero-order valence-electron chi connectivity index (χ0n) is 16.5. The summed E-state index contributed by atoms with van der Waals surface area (Å²) in [5.41, 5.74) is 2.11. The van der Waals surface area contributed by atoms with Crippen molar-refractivity contribution < 1.29 is 19.0 Å². The summed E-state index contributed by atoms with van der Waals surface area (Å²) in [5.74, 6) is 0.563. The van der Waals surface area contributed by atoms with Gasteiger partial charge < -0.3 is 14.2 Å². The fraction of sp³-hybridized carbons (Fsp3) is 0.0833. The van der Waals surface area contributed by atoms with Crippen LogP contribution < -0.4 is 9.47 Å². The molecule has 0 N–H and O–H groups in total. The van der Waals surface area contributed by atoms with Gasteiger partial charge in [-0.2, -0.15) is 0 Å². The number of methoxy groups -OCH3 is 1. The van der Waals surface area contributed by atoms with E-state index in [1.165, 1.54) is 0 Å². The van der Waals surface area contributed by atoms with Crippen molar-refractivity contribution in [3.8, 4) is 11.5 Å². The van der Waals surface area contributed by atoms with E-state index in [1.807, 2.05) is 18.2 Å². The van der Waals surface area contributed by atoms with Crippen LogP contribution >= 0.6 is 23.2 Å². The maximum Gasteiger partial charge on any atom is 0.363 e. The van der Waals surface area contributed by atoms with Gasteiger partial charge in [-0.3, -0.25) is 0 Å². The molecule has 0 atom stereocenters. The first-order valence-corrected chi connectivity index (χ1v) is 10.1. The van der Waals surface area contributed by atoms with E-state index in [0.717, 1.165) is 5.56 Å². The van der Waals surface area contributed by atoms with E-state index in [1.54, 1.807) is 61.7 Å². The second-order valence-electron chi connectivity index (χ2n) is 6.57. The first-order valence-electron chi connectivity index (χ1n) is 9.37. The summed E-state index contributed by atoms with van der Waals surface area (Å²) in [4.78, 5) is 16.8. The molecular weight excluding hydrogens is 437 g/mol. The van der Waals surface area contributed by atoms with Crippen LogP contribution in [0.25, 0.3) is 6.08 Å². The average Bonchev–Trinajstić information content (AvgIpc) is 3.14. The second kappa shape index (κ2) is 9.25. The maximum absolute atomic E-state index is 12.4. The molecule has 1 aliphatic heterocycles. The molecule has 0 unspecified atom stereocenters. The number of rotatable bonds is 6. The third-order valence-corrected chi connectivity index (χ3v) is 5.27. The third kappa shape index (κ3) is 4.58. The molecule has 0 aliphatic carbocycles. The molecule has 0 amide bonds. The van der Waals surface area contributed by atoms with Crippen LogP contribution in [-0.2, 0) is 16.1 Å². The number of carbonyl (C=O) groups excluding carboxylic acids is 1. The quantitative estimate of drug-likeness (QED) is 0.343. The predicted molar refractivity (Wildman–Crippen MR) is 121 cm³/mol. The smallest absolute Gasteiger partial charge is 0.363 e. The van der Waals surface area contributed by atoms with E-state index >= 15 is 0 Å². The Hall–Kier alpha value is -3.28. The average molecular weight is 454 g/mol. The van der Waals surface area contributed by atoms with E-state index in [0.29, 0.717) is 32.7 Å². The first kappa shape index (κ1) is 21.0. The molecule has 5 nitrogen and oxygen atoms in total. The van der Waals surface area contributed by atoms with Crippen LogP contribution in [0.15, 0.2) is 77.4 Å². The highest BCUT2D eigenvalue weighted by Crippen LogP contribution is 2.35. The van der Waals surface area contributed by atoms with E-state index in [2.05, 4.69) is 4.99 Å². The Morgan fingerprint density at radius 2 is 1.71 bits per heavy atom. The number of esters is 1. The molecule has 0 spiro atoms. The summed E-state index contributed by atoms with van der Waals surface area (Å²) in [5, 5.41) is 1.05. The number of ether oxygens (including phenoxy) is 3. The standard InChI is InChI=1S/C24H17Cl2NO4/c1-29-21-12-6-8-15(22(21)30-14-16-7-2-4-10-18(16)25)13-20-24(28)31-23(27-20)17-9-3-5-11-19(17)26/h2-13H,14H2,1H3/b20-13-. The topological polar surface area (TPSA) is 57.1 Å². The van der Waals surface area contributed by atoms with Crippen LogP contribution in [0.5, 0.6) is 11.5 Å². The molecule has 156 valence electrons. The van der Waals surface area contributed by atoms with Gasteiger partial charge in [-0.15, -0.1) is 0 Å². The molecule has 0 saturated carbocycles. The normalized spacial score (nSPS) is 14.4. The fourth-order valence-corrected chi connectivity index (χ4v) is 3.44. The largest absolute Gasteiger partial charge is 0.493 e. The van der Waals surface area contributed by atoms with E-state index in [-0.39, 0.29) is 18.2 Å². The van der Waals surface area contributed by atoms with Gasteiger partial charge in [-0.25, -0.2) is 9.79 Å². The van der Waals surface area contributed by atoms with Crippen molar-refractivity contribution in [2.75, 3.05) is 7.11 Å². The van der Waals surface area contributed by atoms with Crippen LogP contribution in [0.1, 0.15) is 16.7 Å². The van der Waals surface area contributed by atoms with Gasteiger partial charge in [0.1, 0.15) is 6.61 Å². The number of benzene rings is 3. The third-order valence-electron chi connectivity index (χ3n) is 4.58. The Balaban J connectivity index is 1.68. The summed E-state index contributed by atoms with van der Waals surface area (Å²) in [6.45, 7) is 0.231. The van der Waals surface area contributed by atoms with Crippen molar-refractivity contribution in [2.24, 2.45) is 4.99 Å². The molecule has 0 radical (unpaired) electrons. The fourth-order valence-electron chi connectivity index (χ4n) is 3.03. The van der Waals surface area contributed by atoms with Crippen LogP contribution in [0.3, 0.4) is 0 Å². The van der Waals surface area contributed by atoms with E-state index in [9.17, 15) is 4.79 Å². The van der Waals surface area contributed by atoms with Crippen molar-refractivity contribution in [3.63, 3.8) is 0 Å². The summed E-state index contributed by atoms with van der Waals surface area (Å²) in [6, 6.07) is 19.8. The molecule has 3 aromatic carbocycles. The van der Waals surface area contributed by atoms with Crippen LogP contribution in [0.4, 0.5) is 0 Å². The van der Waals surface area contributed by atoms with Crippen LogP contribution in [-0.4, -0.2) is 19.0 Å². The molecule has 7 heteroatoms. The van der Waals surface area contributed by atoms with Crippen molar-refractivity contribution >= 4 is 41.1 Å². The number of halogens is 2. The van der Waals surface area contributed by atoms with Crippen LogP contribution in [0, 0.1) is 0 Å². The molecule has 1 heterocycles. The number of aliphatic imine (C=N–C) groups is 1. The Bertz CT molecular complexity index is 1200. The molecule has 3 aromatic rings. The Morgan fingerprint density at radius 1 is 0.968 bits per heavy atom. The number of cyclic esters (lactones) is 1. The minimum atomic E-state index is -0.574. The van der Waals surface area contributed by atoms with Gasteiger partial charge in [-0.05, 0) is 30.3 Å². The van der Waals surface area contributed by atoms with Crippen molar-refractivity contribution in [2.45, 2.75) is 6.61 Å². The van der Waals surface area contributed by atoms with Gasteiger partial charge in [0.25, 0.3) is 0 Å². The number of hydrogen-bond donors (Lipinski definition) is 0. The van der Waals surface area contributed by atoms with E-state index < -0.39 is 5.97 Å². The Kier molecular flexibility index (Phi) is 6.26. The maximum atomic E-state index is 12.4. The molecule has 0 fully saturated rings. The number of nitrogens with zero attached hydrogens (tertiary/aromatic N) is 1. The lowest BCUT2D eigenvalue weighted by molar-refractivity contribution is -0.129. The monoisotopic (exact) mass is 453 g/mol. The summed E-state index contributed by atoms with van der Waals surface area (Å²) < 4.78 is 16.8. The highest BCUT2D eigenvalue weighted by atomic mass is 35.5. The second-order valence-corrected chi connectivity index (χ2v) is 7.39. The predicted octanol–water partition coefficient (Wildman–Crippen LogP) is 5.93. The minimum absolute atomic E-state index is 0.130. The SMILES string of the molecule is COc1cccc(/C=C2\N=C(c3ccccc3Cl)OC2=O)c1OCc1ccccc1Cl. The minimum Gasteiger partial charge on any atom is -0.493 e. The summed E-state index contributed by atoms with van der Waals surface area (Å²) in [7, 11) is 1.55. The molecule has 4 rings (SSSR count). The Labute approximate surface area is 189 Å². The molecule has 0 bridgehead atoms. The lowest BCUT2D eigenvalue weighted by Crippen LogP contribution is -2.06. The van der Waals surface area contributed by atoms with Crippen molar-refractivity contribution in [1.29, 1.82) is 0 Å². The highest BCUT2D eigenvalue weighted by Gasteiger charge is 2.26. The van der Waals surface area contributed by atoms with Gasteiger partial charge in [0.2, 0.25) is 5.90 Å². The zero-order chi connectivity index (χ0) is 21.8. The number of carbonyl (C=O) groups is 1. The van der Waals surface area contributed by atoms with Gasteiger partial charge in [0, 0.05) is 16.1 Å². The van der Waals surface area contributed by atoms with E-state index in [4.69, 9.17) is 37.4 Å². The molecule has 31 heavy (non-hydrogen) atoms. The summed E-state index contributed by atoms with van der Waals surface area (Å²) >= 11 is 12.4. The van der Waals surface area contributed by atoms with Gasteiger partial charge in [0.15, 0.2) is 17.2 Å². The van der Waals surface area contributed by atoms with Crippen molar-refractivity contribution in [1.82, 2.24) is 0 Å². The van der Waals surface area contributed by atoms with Gasteiger partial charge >= 0.3 is 5.97 Å². The molecule has 1 aliphatic rings. The lowest BCUT2D eigenvalue weighted by atomic mass is 10.1. The lowest BCUT2D eigenvalue weighted by Gasteiger charge is -2.14. The van der Waals surface area contributed by atoms with Crippen molar-refractivity contribution in [3.05, 3.63) is 99.2 Å². The highest BCUT2D eigenvalue weighted by molar-refractivity contribution is 6.34.